The van der Waals surface area contributed by atoms with Crippen molar-refractivity contribution < 1.29 is 14.3 Å². The van der Waals surface area contributed by atoms with E-state index in [2.05, 4.69) is 20.5 Å². The summed E-state index contributed by atoms with van der Waals surface area (Å²) < 4.78 is 5.71. The molecule has 0 saturated carbocycles. The number of nitrogens with one attached hydrogen (secondary N) is 2. The van der Waals surface area contributed by atoms with Gasteiger partial charge in [-0.05, 0) is 31.0 Å². The molecule has 0 aliphatic carbocycles. The second-order valence-electron chi connectivity index (χ2n) is 6.98. The van der Waals surface area contributed by atoms with Crippen LogP contribution >= 0.6 is 0 Å². The van der Waals surface area contributed by atoms with Crippen molar-refractivity contribution >= 4 is 11.8 Å². The number of piperazine rings is 1. The fourth-order valence-electron chi connectivity index (χ4n) is 3.46. The van der Waals surface area contributed by atoms with Crippen LogP contribution in [0.2, 0.25) is 0 Å². The molecule has 0 spiro atoms. The zero-order valence-corrected chi connectivity index (χ0v) is 16.8. The topological polar surface area (TPSA) is 83.6 Å². The van der Waals surface area contributed by atoms with E-state index in [1.54, 1.807) is 12.4 Å². The Bertz CT molecular complexity index is 813. The smallest absolute Gasteiger partial charge is 0.237 e. The maximum Gasteiger partial charge on any atom is 0.237 e. The van der Waals surface area contributed by atoms with Crippen molar-refractivity contribution in [3.05, 3.63) is 59.9 Å². The van der Waals surface area contributed by atoms with Crippen LogP contribution in [0.4, 0.5) is 0 Å². The summed E-state index contributed by atoms with van der Waals surface area (Å²) in [6.07, 6.45) is 4.36. The van der Waals surface area contributed by atoms with Crippen LogP contribution in [-0.2, 0) is 22.6 Å². The molecule has 0 bridgehead atoms. The van der Waals surface area contributed by atoms with Gasteiger partial charge in [0.25, 0.3) is 0 Å². The second kappa shape index (κ2) is 10.6. The average Bonchev–Trinajstić information content (AvgIpc) is 2.73. The summed E-state index contributed by atoms with van der Waals surface area (Å²) in [7, 11) is 0. The molecular formula is C22H28N4O3. The van der Waals surface area contributed by atoms with E-state index in [4.69, 9.17) is 4.74 Å². The first-order chi connectivity index (χ1) is 14.2. The number of pyridine rings is 1. The Hall–Kier alpha value is -2.93. The number of amides is 2. The van der Waals surface area contributed by atoms with Crippen LogP contribution in [0.3, 0.4) is 0 Å². The summed E-state index contributed by atoms with van der Waals surface area (Å²) in [5.41, 5.74) is 2.09. The van der Waals surface area contributed by atoms with Crippen LogP contribution in [0.5, 0.6) is 5.75 Å². The lowest BCUT2D eigenvalue weighted by Gasteiger charge is -2.35. The first-order valence-electron chi connectivity index (χ1n) is 10.1. The molecule has 154 valence electrons. The van der Waals surface area contributed by atoms with Gasteiger partial charge in [-0.25, -0.2) is 0 Å². The lowest BCUT2D eigenvalue weighted by molar-refractivity contribution is -0.134. The number of nitrogens with zero attached hydrogens (tertiary/aromatic N) is 2. The molecule has 2 heterocycles. The Kier molecular flexibility index (Phi) is 7.58. The van der Waals surface area contributed by atoms with E-state index in [0.717, 1.165) is 16.9 Å². The van der Waals surface area contributed by atoms with Gasteiger partial charge in [0.05, 0.1) is 19.1 Å². The number of aromatic nitrogens is 1. The molecule has 1 atom stereocenters. The van der Waals surface area contributed by atoms with Gasteiger partial charge >= 0.3 is 0 Å². The van der Waals surface area contributed by atoms with Gasteiger partial charge in [0, 0.05) is 44.1 Å². The molecular weight excluding hydrogens is 368 g/mol. The third kappa shape index (κ3) is 6.02. The third-order valence-electron chi connectivity index (χ3n) is 4.92. The molecule has 29 heavy (non-hydrogen) atoms. The normalized spacial score (nSPS) is 16.9. The van der Waals surface area contributed by atoms with Crippen molar-refractivity contribution in [1.29, 1.82) is 0 Å². The quantitative estimate of drug-likeness (QED) is 0.672. The fourth-order valence-corrected chi connectivity index (χ4v) is 3.46. The number of ether oxygens (including phenoxy) is 1. The van der Waals surface area contributed by atoms with E-state index >= 15 is 0 Å². The largest absolute Gasteiger partial charge is 0.494 e. The minimum Gasteiger partial charge on any atom is -0.494 e. The number of rotatable bonds is 9. The van der Waals surface area contributed by atoms with Gasteiger partial charge in [0.2, 0.25) is 11.8 Å². The van der Waals surface area contributed by atoms with Crippen molar-refractivity contribution in [2.24, 2.45) is 0 Å². The fraction of sp³-hybridized carbons (Fsp3) is 0.409. The summed E-state index contributed by atoms with van der Waals surface area (Å²) >= 11 is 0. The monoisotopic (exact) mass is 396 g/mol. The van der Waals surface area contributed by atoms with Crippen molar-refractivity contribution in [1.82, 2.24) is 20.5 Å². The molecule has 1 saturated heterocycles. The molecule has 3 rings (SSSR count). The Balaban J connectivity index is 1.58. The van der Waals surface area contributed by atoms with Crippen LogP contribution in [0.15, 0.2) is 48.8 Å². The summed E-state index contributed by atoms with van der Waals surface area (Å²) in [6.45, 7) is 4.89. The number of hydrogen-bond donors (Lipinski definition) is 2. The van der Waals surface area contributed by atoms with E-state index in [-0.39, 0.29) is 18.2 Å². The van der Waals surface area contributed by atoms with Gasteiger partial charge in [-0.1, -0.05) is 24.3 Å². The minimum absolute atomic E-state index is 0.104. The van der Waals surface area contributed by atoms with Crippen LogP contribution < -0.4 is 15.4 Å². The number of carbonyl (C=O) groups excluding carboxylic acids is 2. The van der Waals surface area contributed by atoms with Crippen LogP contribution in [0, 0.1) is 0 Å². The molecule has 1 unspecified atom stereocenters. The molecule has 1 aliphatic rings. The lowest BCUT2D eigenvalue weighted by Crippen LogP contribution is -2.56. The highest BCUT2D eigenvalue weighted by atomic mass is 16.5. The van der Waals surface area contributed by atoms with Crippen molar-refractivity contribution in [2.75, 3.05) is 26.2 Å². The number of para-hydroxylation sites is 1. The van der Waals surface area contributed by atoms with Crippen LogP contribution in [-0.4, -0.2) is 54.0 Å². The Morgan fingerprint density at radius 1 is 1.31 bits per heavy atom. The first kappa shape index (κ1) is 20.8. The van der Waals surface area contributed by atoms with Gasteiger partial charge in [-0.15, -0.1) is 0 Å². The molecule has 0 radical (unpaired) electrons. The Labute approximate surface area is 171 Å². The third-order valence-corrected chi connectivity index (χ3v) is 4.92. The highest BCUT2D eigenvalue weighted by Gasteiger charge is 2.31. The van der Waals surface area contributed by atoms with E-state index in [1.165, 1.54) is 0 Å². The van der Waals surface area contributed by atoms with Gasteiger partial charge < -0.3 is 15.4 Å². The average molecular weight is 396 g/mol. The van der Waals surface area contributed by atoms with Gasteiger partial charge in [0.1, 0.15) is 5.75 Å². The van der Waals surface area contributed by atoms with Gasteiger partial charge in [-0.3, -0.25) is 19.5 Å². The van der Waals surface area contributed by atoms with Crippen LogP contribution in [0.1, 0.15) is 24.5 Å². The van der Waals surface area contributed by atoms with Crippen molar-refractivity contribution in [2.45, 2.75) is 32.4 Å². The summed E-state index contributed by atoms with van der Waals surface area (Å²) in [6, 6.07) is 11.2. The molecule has 1 aliphatic heterocycles. The van der Waals surface area contributed by atoms with Crippen molar-refractivity contribution in [3.63, 3.8) is 0 Å². The zero-order chi connectivity index (χ0) is 20.5. The maximum atomic E-state index is 12.5. The van der Waals surface area contributed by atoms with Gasteiger partial charge in [-0.2, -0.15) is 0 Å². The van der Waals surface area contributed by atoms with E-state index in [0.29, 0.717) is 39.2 Å². The number of carbonyl (C=O) groups is 2. The Morgan fingerprint density at radius 2 is 2.17 bits per heavy atom. The summed E-state index contributed by atoms with van der Waals surface area (Å²) in [5.74, 6) is 0.590. The highest BCUT2D eigenvalue weighted by molar-refractivity contribution is 5.88. The van der Waals surface area contributed by atoms with Gasteiger partial charge in [0.15, 0.2) is 0 Å². The van der Waals surface area contributed by atoms with E-state index in [1.807, 2.05) is 43.3 Å². The predicted molar refractivity (Wildman–Crippen MR) is 110 cm³/mol. The molecule has 1 fully saturated rings. The lowest BCUT2D eigenvalue weighted by atomic mass is 10.1. The molecule has 2 aromatic rings. The second-order valence-corrected chi connectivity index (χ2v) is 6.98. The predicted octanol–water partition coefficient (Wildman–Crippen LogP) is 1.53. The standard InChI is InChI=1S/C22H28N4O3/c1-2-29-20-8-4-3-7-18(20)16-26-13-12-25-22(28)19(26)14-21(27)24-11-9-17-6-5-10-23-15-17/h3-8,10,15,19H,2,9,11-14,16H2,1H3,(H,24,27)(H,25,28). The summed E-state index contributed by atoms with van der Waals surface area (Å²) in [5, 5.41) is 5.79. The minimum atomic E-state index is -0.489. The van der Waals surface area contributed by atoms with E-state index in [9.17, 15) is 9.59 Å². The maximum absolute atomic E-state index is 12.5. The molecule has 1 aromatic carbocycles. The molecule has 1 aromatic heterocycles. The highest BCUT2D eigenvalue weighted by Crippen LogP contribution is 2.22. The number of hydrogen-bond acceptors (Lipinski definition) is 5. The molecule has 2 amide bonds. The SMILES string of the molecule is CCOc1ccccc1CN1CCNC(=O)C1CC(=O)NCCc1cccnc1. The molecule has 7 nitrogen and oxygen atoms in total. The van der Waals surface area contributed by atoms with Crippen LogP contribution in [0.25, 0.3) is 0 Å². The van der Waals surface area contributed by atoms with E-state index < -0.39 is 6.04 Å². The summed E-state index contributed by atoms with van der Waals surface area (Å²) in [4.78, 5) is 31.0. The molecule has 2 N–H and O–H groups in total. The van der Waals surface area contributed by atoms with Crippen molar-refractivity contribution in [3.8, 4) is 5.75 Å². The zero-order valence-electron chi connectivity index (χ0n) is 16.8. The molecule has 7 heteroatoms. The first-order valence-corrected chi connectivity index (χ1v) is 10.1. The Morgan fingerprint density at radius 3 is 2.97 bits per heavy atom. The number of benzene rings is 1.